The van der Waals surface area contributed by atoms with Crippen LogP contribution in [0.15, 0.2) is 30.5 Å². The van der Waals surface area contributed by atoms with E-state index in [-0.39, 0.29) is 30.0 Å². The summed E-state index contributed by atoms with van der Waals surface area (Å²) in [5.41, 5.74) is 1.81. The van der Waals surface area contributed by atoms with Crippen LogP contribution in [-0.4, -0.2) is 55.3 Å². The highest BCUT2D eigenvalue weighted by Gasteiger charge is 2.29. The molecule has 1 aliphatic rings. The van der Waals surface area contributed by atoms with Crippen LogP contribution >= 0.6 is 11.6 Å². The first kappa shape index (κ1) is 18.1. The number of hydrogen-bond acceptors (Lipinski definition) is 5. The lowest BCUT2D eigenvalue weighted by molar-refractivity contribution is -0.122. The standard InChI is InChI=1S/C17H20ClN3O3S/c1-21(10-16(22)20-13-6-8-25(23,24)11-13)9-12-4-5-15(18)14-3-2-7-19-17(12)14/h2-5,7,13H,6,8-11H2,1H3,(H,20,22). The first-order valence-electron chi connectivity index (χ1n) is 8.04. The number of rotatable bonds is 5. The predicted molar refractivity (Wildman–Crippen MR) is 98.3 cm³/mol. The number of sulfone groups is 1. The van der Waals surface area contributed by atoms with E-state index in [1.165, 1.54) is 0 Å². The molecule has 1 fully saturated rings. The summed E-state index contributed by atoms with van der Waals surface area (Å²) in [4.78, 5) is 18.4. The topological polar surface area (TPSA) is 79.4 Å². The molecule has 8 heteroatoms. The fourth-order valence-electron chi connectivity index (χ4n) is 3.10. The van der Waals surface area contributed by atoms with Crippen LogP contribution in [0, 0.1) is 0 Å². The van der Waals surface area contributed by atoms with Crippen LogP contribution in [0.4, 0.5) is 0 Å². The number of pyridine rings is 1. The number of nitrogens with one attached hydrogen (secondary N) is 1. The third-order valence-corrected chi connectivity index (χ3v) is 6.35. The molecule has 0 spiro atoms. The highest BCUT2D eigenvalue weighted by molar-refractivity contribution is 7.91. The van der Waals surface area contributed by atoms with Gasteiger partial charge in [-0.2, -0.15) is 0 Å². The Hall–Kier alpha value is -1.70. The van der Waals surface area contributed by atoms with Crippen LogP contribution in [-0.2, 0) is 21.2 Å². The van der Waals surface area contributed by atoms with Gasteiger partial charge in [-0.05, 0) is 37.2 Å². The zero-order valence-corrected chi connectivity index (χ0v) is 15.5. The molecule has 1 aliphatic heterocycles. The minimum atomic E-state index is -3.00. The molecule has 0 aliphatic carbocycles. The maximum Gasteiger partial charge on any atom is 0.234 e. The average molecular weight is 382 g/mol. The number of benzene rings is 1. The number of likely N-dealkylation sites (N-methyl/N-ethyl adjacent to an activating group) is 1. The molecule has 0 bridgehead atoms. The zero-order valence-electron chi connectivity index (χ0n) is 13.9. The lowest BCUT2D eigenvalue weighted by atomic mass is 10.1. The Labute approximate surface area is 152 Å². The quantitative estimate of drug-likeness (QED) is 0.851. The summed E-state index contributed by atoms with van der Waals surface area (Å²) in [5.74, 6) is 0.0144. The summed E-state index contributed by atoms with van der Waals surface area (Å²) >= 11 is 6.20. The van der Waals surface area contributed by atoms with Crippen LogP contribution in [0.2, 0.25) is 5.02 Å². The van der Waals surface area contributed by atoms with Gasteiger partial charge in [-0.25, -0.2) is 8.42 Å². The Balaban J connectivity index is 1.62. The predicted octanol–water partition coefficient (Wildman–Crippen LogP) is 1.62. The minimum absolute atomic E-state index is 0.0359. The van der Waals surface area contributed by atoms with Gasteiger partial charge < -0.3 is 5.32 Å². The third-order valence-electron chi connectivity index (χ3n) is 4.25. The molecule has 2 heterocycles. The van der Waals surface area contributed by atoms with Crippen molar-refractivity contribution in [3.8, 4) is 0 Å². The molecule has 1 aromatic heterocycles. The van der Waals surface area contributed by atoms with E-state index in [0.717, 1.165) is 16.5 Å². The smallest absolute Gasteiger partial charge is 0.234 e. The van der Waals surface area contributed by atoms with E-state index >= 15 is 0 Å². The number of nitrogens with zero attached hydrogens (tertiary/aromatic N) is 2. The van der Waals surface area contributed by atoms with E-state index in [2.05, 4.69) is 10.3 Å². The maximum atomic E-state index is 12.1. The normalized spacial score (nSPS) is 19.4. The Morgan fingerprint density at radius 1 is 1.40 bits per heavy atom. The van der Waals surface area contributed by atoms with Gasteiger partial charge in [0.1, 0.15) is 0 Å². The van der Waals surface area contributed by atoms with Gasteiger partial charge in [0, 0.05) is 29.2 Å². The van der Waals surface area contributed by atoms with Crippen LogP contribution in [0.25, 0.3) is 10.9 Å². The van der Waals surface area contributed by atoms with Gasteiger partial charge >= 0.3 is 0 Å². The largest absolute Gasteiger partial charge is 0.351 e. The SMILES string of the molecule is CN(CC(=O)NC1CCS(=O)(=O)C1)Cc1ccc(Cl)c2cccnc12. The van der Waals surface area contributed by atoms with Crippen molar-refractivity contribution in [2.24, 2.45) is 0 Å². The Morgan fingerprint density at radius 2 is 2.20 bits per heavy atom. The van der Waals surface area contributed by atoms with E-state index in [9.17, 15) is 13.2 Å². The third kappa shape index (κ3) is 4.48. The van der Waals surface area contributed by atoms with Crippen molar-refractivity contribution in [3.05, 3.63) is 41.0 Å². The molecule has 1 N–H and O–H groups in total. The minimum Gasteiger partial charge on any atom is -0.351 e. The fourth-order valence-corrected chi connectivity index (χ4v) is 4.99. The van der Waals surface area contributed by atoms with Crippen LogP contribution in [0.1, 0.15) is 12.0 Å². The fraction of sp³-hybridized carbons (Fsp3) is 0.412. The maximum absolute atomic E-state index is 12.1. The van der Waals surface area contributed by atoms with Crippen molar-refractivity contribution >= 4 is 38.2 Å². The molecule has 134 valence electrons. The summed E-state index contributed by atoms with van der Waals surface area (Å²) in [5, 5.41) is 4.33. The number of hydrogen-bond donors (Lipinski definition) is 1. The van der Waals surface area contributed by atoms with Crippen molar-refractivity contribution in [3.63, 3.8) is 0 Å². The molecule has 6 nitrogen and oxygen atoms in total. The van der Waals surface area contributed by atoms with Gasteiger partial charge in [0.2, 0.25) is 5.91 Å². The van der Waals surface area contributed by atoms with Crippen molar-refractivity contribution < 1.29 is 13.2 Å². The van der Waals surface area contributed by atoms with E-state index in [0.29, 0.717) is 18.0 Å². The number of carbonyl (C=O) groups excluding carboxylic acids is 1. The van der Waals surface area contributed by atoms with E-state index in [1.54, 1.807) is 6.20 Å². The first-order valence-corrected chi connectivity index (χ1v) is 10.2. The van der Waals surface area contributed by atoms with Crippen LogP contribution in [0.5, 0.6) is 0 Å². The molecule has 1 atom stereocenters. The molecule has 3 rings (SSSR count). The first-order chi connectivity index (χ1) is 11.8. The van der Waals surface area contributed by atoms with Gasteiger partial charge in [-0.1, -0.05) is 17.7 Å². The number of aromatic nitrogens is 1. The molecule has 1 unspecified atom stereocenters. The number of halogens is 1. The summed E-state index contributed by atoms with van der Waals surface area (Å²) in [7, 11) is -1.15. The van der Waals surface area contributed by atoms with Crippen molar-refractivity contribution in [2.75, 3.05) is 25.1 Å². The molecule has 2 aromatic rings. The second kappa shape index (κ2) is 7.27. The highest BCUT2D eigenvalue weighted by Crippen LogP contribution is 2.25. The summed E-state index contributed by atoms with van der Waals surface area (Å²) in [6.45, 7) is 0.731. The monoisotopic (exact) mass is 381 g/mol. The lowest BCUT2D eigenvalue weighted by Crippen LogP contribution is -2.41. The van der Waals surface area contributed by atoms with Gasteiger partial charge in [-0.15, -0.1) is 0 Å². The van der Waals surface area contributed by atoms with Crippen LogP contribution < -0.4 is 5.32 Å². The average Bonchev–Trinajstić information content (AvgIpc) is 2.89. The molecular formula is C17H20ClN3O3S. The van der Waals surface area contributed by atoms with E-state index in [1.807, 2.05) is 36.2 Å². The van der Waals surface area contributed by atoms with Gasteiger partial charge in [0.25, 0.3) is 0 Å². The lowest BCUT2D eigenvalue weighted by Gasteiger charge is -2.19. The van der Waals surface area contributed by atoms with E-state index in [4.69, 9.17) is 11.6 Å². The van der Waals surface area contributed by atoms with Gasteiger partial charge in [0.05, 0.1) is 23.6 Å². The second-order valence-corrected chi connectivity index (χ2v) is 9.08. The number of carbonyl (C=O) groups is 1. The summed E-state index contributed by atoms with van der Waals surface area (Å²) in [6, 6.07) is 7.23. The van der Waals surface area contributed by atoms with Gasteiger partial charge in [0.15, 0.2) is 9.84 Å². The molecule has 1 saturated heterocycles. The van der Waals surface area contributed by atoms with Crippen LogP contribution in [0.3, 0.4) is 0 Å². The number of amides is 1. The second-order valence-electron chi connectivity index (χ2n) is 6.45. The summed E-state index contributed by atoms with van der Waals surface area (Å²) in [6.07, 6.45) is 2.21. The molecular weight excluding hydrogens is 362 g/mol. The van der Waals surface area contributed by atoms with Gasteiger partial charge in [-0.3, -0.25) is 14.7 Å². The molecule has 1 amide bonds. The zero-order chi connectivity index (χ0) is 18.0. The van der Waals surface area contributed by atoms with Crippen molar-refractivity contribution in [1.29, 1.82) is 0 Å². The Morgan fingerprint density at radius 3 is 2.92 bits per heavy atom. The molecule has 25 heavy (non-hydrogen) atoms. The summed E-state index contributed by atoms with van der Waals surface area (Å²) < 4.78 is 22.9. The highest BCUT2D eigenvalue weighted by atomic mass is 35.5. The van der Waals surface area contributed by atoms with E-state index < -0.39 is 9.84 Å². The molecule has 0 radical (unpaired) electrons. The molecule has 0 saturated carbocycles. The van der Waals surface area contributed by atoms with Crippen molar-refractivity contribution in [1.82, 2.24) is 15.2 Å². The number of fused-ring (bicyclic) bond motifs is 1. The Kier molecular flexibility index (Phi) is 5.27. The molecule has 1 aromatic carbocycles. The van der Waals surface area contributed by atoms with Crippen molar-refractivity contribution in [2.45, 2.75) is 19.0 Å². The Bertz CT molecular complexity index is 901.